The monoisotopic (exact) mass is 425 g/mol. The van der Waals surface area contributed by atoms with Crippen molar-refractivity contribution >= 4 is 11.7 Å². The second kappa shape index (κ2) is 8.41. The molecular formula is C24H24FNO5. The Morgan fingerprint density at radius 3 is 2.23 bits per heavy atom. The van der Waals surface area contributed by atoms with Gasteiger partial charge in [-0.2, -0.15) is 0 Å². The number of Topliss-reactive ketones (excluding diaryl/α,β-unsaturated/α-hetero) is 1. The maximum atomic E-state index is 14.5. The third-order valence-electron chi connectivity index (χ3n) is 5.98. The summed E-state index contributed by atoms with van der Waals surface area (Å²) in [6, 6.07) is 9.96. The highest BCUT2D eigenvalue weighted by Crippen LogP contribution is 2.46. The summed E-state index contributed by atoms with van der Waals surface area (Å²) in [5.41, 5.74) is 2.30. The van der Waals surface area contributed by atoms with Crippen LogP contribution in [0.1, 0.15) is 42.2 Å². The molecule has 0 fully saturated rings. The lowest BCUT2D eigenvalue weighted by Gasteiger charge is -2.34. The first-order chi connectivity index (χ1) is 15.0. The average Bonchev–Trinajstić information content (AvgIpc) is 2.77. The highest BCUT2D eigenvalue weighted by molar-refractivity contribution is 6.02. The number of allylic oxidation sites excluding steroid dienone is 2. The summed E-state index contributed by atoms with van der Waals surface area (Å²) < 4.78 is 30.7. The number of methoxy groups -OCH3 is 3. The number of ether oxygens (including phenoxy) is 3. The average molecular weight is 425 g/mol. The largest absolute Gasteiger partial charge is 0.493 e. The Hall–Kier alpha value is -3.35. The molecule has 1 amide bonds. The van der Waals surface area contributed by atoms with Gasteiger partial charge in [0.25, 0.3) is 0 Å². The fourth-order valence-electron chi connectivity index (χ4n) is 4.56. The Bertz CT molecular complexity index is 1050. The van der Waals surface area contributed by atoms with E-state index < -0.39 is 11.7 Å². The minimum Gasteiger partial charge on any atom is -0.493 e. The standard InChI is InChI=1S/C24H24FNO5/c1-29-20-10-14(11-21(30-2)24(20)31-3)13-8-18-23(19(27)9-13)16(12-22(28)26-18)15-6-4-5-7-17(15)25/h4-7,10-11,13,16H,8-9,12H2,1-3H3,(H,26,28)/t13-,16+/m0/s1. The molecule has 31 heavy (non-hydrogen) atoms. The molecule has 1 heterocycles. The van der Waals surface area contributed by atoms with Crippen molar-refractivity contribution in [1.82, 2.24) is 5.32 Å². The number of carbonyl (C=O) groups excluding carboxylic acids is 2. The van der Waals surface area contributed by atoms with Gasteiger partial charge >= 0.3 is 0 Å². The summed E-state index contributed by atoms with van der Waals surface area (Å²) in [5, 5.41) is 2.86. The SMILES string of the molecule is COc1cc([C@@H]2CC(=O)C3=C(C2)NC(=O)C[C@@H]3c2ccccc2F)cc(OC)c1OC. The van der Waals surface area contributed by atoms with Crippen molar-refractivity contribution in [3.8, 4) is 17.2 Å². The fourth-order valence-corrected chi connectivity index (χ4v) is 4.56. The van der Waals surface area contributed by atoms with Crippen molar-refractivity contribution < 1.29 is 28.2 Å². The van der Waals surface area contributed by atoms with E-state index in [1.165, 1.54) is 27.4 Å². The highest BCUT2D eigenvalue weighted by Gasteiger charge is 2.39. The molecule has 2 aromatic rings. The van der Waals surface area contributed by atoms with Gasteiger partial charge in [0.2, 0.25) is 11.7 Å². The molecule has 0 unspecified atom stereocenters. The zero-order valence-electron chi connectivity index (χ0n) is 17.7. The molecule has 0 saturated carbocycles. The molecule has 0 bridgehead atoms. The maximum Gasteiger partial charge on any atom is 0.225 e. The van der Waals surface area contributed by atoms with E-state index in [0.717, 1.165) is 5.56 Å². The molecule has 0 spiro atoms. The van der Waals surface area contributed by atoms with E-state index in [1.807, 2.05) is 12.1 Å². The molecule has 0 saturated heterocycles. The third kappa shape index (κ3) is 3.76. The molecule has 1 N–H and O–H groups in total. The van der Waals surface area contributed by atoms with Gasteiger partial charge in [-0.25, -0.2) is 4.39 Å². The quantitative estimate of drug-likeness (QED) is 0.788. The lowest BCUT2D eigenvalue weighted by Crippen LogP contribution is -2.38. The van der Waals surface area contributed by atoms with Crippen LogP contribution in [-0.2, 0) is 9.59 Å². The predicted octanol–water partition coefficient (Wildman–Crippen LogP) is 3.86. The van der Waals surface area contributed by atoms with Crippen LogP contribution in [0, 0.1) is 5.82 Å². The number of rotatable bonds is 5. The molecule has 2 aromatic carbocycles. The number of hydrogen-bond acceptors (Lipinski definition) is 5. The van der Waals surface area contributed by atoms with Crippen LogP contribution < -0.4 is 19.5 Å². The van der Waals surface area contributed by atoms with E-state index in [9.17, 15) is 14.0 Å². The number of benzene rings is 2. The smallest absolute Gasteiger partial charge is 0.225 e. The van der Waals surface area contributed by atoms with Crippen molar-refractivity contribution in [3.63, 3.8) is 0 Å². The Kier molecular flexibility index (Phi) is 5.67. The molecule has 6 nitrogen and oxygen atoms in total. The molecule has 2 aliphatic rings. The van der Waals surface area contributed by atoms with Crippen molar-refractivity contribution in [3.05, 3.63) is 64.6 Å². The molecule has 4 rings (SSSR count). The normalized spacial score (nSPS) is 20.8. The molecule has 2 atom stereocenters. The summed E-state index contributed by atoms with van der Waals surface area (Å²) in [4.78, 5) is 25.6. The van der Waals surface area contributed by atoms with Gasteiger partial charge in [-0.1, -0.05) is 18.2 Å². The Labute approximate surface area is 180 Å². The summed E-state index contributed by atoms with van der Waals surface area (Å²) in [7, 11) is 4.60. The lowest BCUT2D eigenvalue weighted by atomic mass is 9.73. The van der Waals surface area contributed by atoms with Gasteiger partial charge in [0.05, 0.1) is 21.3 Å². The number of carbonyl (C=O) groups is 2. The number of halogens is 1. The lowest BCUT2D eigenvalue weighted by molar-refractivity contribution is -0.122. The second-order valence-electron chi connectivity index (χ2n) is 7.71. The molecular weight excluding hydrogens is 401 g/mol. The molecule has 1 aliphatic heterocycles. The fraction of sp³-hybridized carbons (Fsp3) is 0.333. The van der Waals surface area contributed by atoms with E-state index in [0.29, 0.717) is 40.5 Å². The molecule has 0 aromatic heterocycles. The van der Waals surface area contributed by atoms with Crippen molar-refractivity contribution in [2.75, 3.05) is 21.3 Å². The van der Waals surface area contributed by atoms with Gasteiger partial charge in [0.1, 0.15) is 5.82 Å². The maximum absolute atomic E-state index is 14.5. The summed E-state index contributed by atoms with van der Waals surface area (Å²) >= 11 is 0. The Balaban J connectivity index is 1.74. The number of hydrogen-bond donors (Lipinski definition) is 1. The van der Waals surface area contributed by atoms with Gasteiger partial charge < -0.3 is 19.5 Å². The first-order valence-electron chi connectivity index (χ1n) is 10.1. The van der Waals surface area contributed by atoms with Crippen molar-refractivity contribution in [1.29, 1.82) is 0 Å². The van der Waals surface area contributed by atoms with Crippen LogP contribution in [0.25, 0.3) is 0 Å². The zero-order chi connectivity index (χ0) is 22.1. The van der Waals surface area contributed by atoms with Crippen molar-refractivity contribution in [2.45, 2.75) is 31.1 Å². The van der Waals surface area contributed by atoms with E-state index >= 15 is 0 Å². The Morgan fingerprint density at radius 2 is 1.61 bits per heavy atom. The molecule has 0 radical (unpaired) electrons. The summed E-state index contributed by atoms with van der Waals surface area (Å²) in [5.74, 6) is 0.00789. The van der Waals surface area contributed by atoms with Gasteiger partial charge in [-0.3, -0.25) is 9.59 Å². The van der Waals surface area contributed by atoms with Crippen LogP contribution >= 0.6 is 0 Å². The minimum absolute atomic E-state index is 0.0559. The molecule has 162 valence electrons. The topological polar surface area (TPSA) is 73.9 Å². The number of nitrogens with one attached hydrogen (secondary N) is 1. The molecule has 1 aliphatic carbocycles. The van der Waals surface area contributed by atoms with E-state index in [2.05, 4.69) is 5.32 Å². The first kappa shape index (κ1) is 20.9. The van der Waals surface area contributed by atoms with Crippen LogP contribution in [0.5, 0.6) is 17.2 Å². The third-order valence-corrected chi connectivity index (χ3v) is 5.98. The summed E-state index contributed by atoms with van der Waals surface area (Å²) in [6.45, 7) is 0. The molecule has 7 heteroatoms. The highest BCUT2D eigenvalue weighted by atomic mass is 19.1. The van der Waals surface area contributed by atoms with Gasteiger partial charge in [-0.15, -0.1) is 0 Å². The second-order valence-corrected chi connectivity index (χ2v) is 7.71. The van der Waals surface area contributed by atoms with Gasteiger partial charge in [0, 0.05) is 30.0 Å². The van der Waals surface area contributed by atoms with E-state index in [4.69, 9.17) is 14.2 Å². The number of ketones is 1. The van der Waals surface area contributed by atoms with E-state index in [-0.39, 0.29) is 30.4 Å². The summed E-state index contributed by atoms with van der Waals surface area (Å²) in [6.07, 6.45) is 0.759. The van der Waals surface area contributed by atoms with Gasteiger partial charge in [-0.05, 0) is 41.7 Å². The van der Waals surface area contributed by atoms with Crippen LogP contribution in [-0.4, -0.2) is 33.0 Å². The van der Waals surface area contributed by atoms with Crippen LogP contribution in [0.3, 0.4) is 0 Å². The van der Waals surface area contributed by atoms with E-state index in [1.54, 1.807) is 18.2 Å². The predicted molar refractivity (Wildman–Crippen MR) is 112 cm³/mol. The van der Waals surface area contributed by atoms with Crippen LogP contribution in [0.2, 0.25) is 0 Å². The van der Waals surface area contributed by atoms with Crippen LogP contribution in [0.15, 0.2) is 47.7 Å². The van der Waals surface area contributed by atoms with Crippen LogP contribution in [0.4, 0.5) is 4.39 Å². The number of amides is 1. The van der Waals surface area contributed by atoms with Gasteiger partial charge in [0.15, 0.2) is 17.3 Å². The zero-order valence-corrected chi connectivity index (χ0v) is 17.7. The minimum atomic E-state index is -0.571. The Morgan fingerprint density at radius 1 is 0.935 bits per heavy atom. The first-order valence-corrected chi connectivity index (χ1v) is 10.1. The van der Waals surface area contributed by atoms with Crippen molar-refractivity contribution in [2.24, 2.45) is 0 Å².